The zero-order chi connectivity index (χ0) is 16.2. The molecule has 0 saturated heterocycles. The molecule has 0 bridgehead atoms. The summed E-state index contributed by atoms with van der Waals surface area (Å²) in [6.07, 6.45) is 0.794. The first-order valence-corrected chi connectivity index (χ1v) is 7.83. The van der Waals surface area contributed by atoms with Crippen molar-refractivity contribution in [2.75, 3.05) is 6.61 Å². The van der Waals surface area contributed by atoms with Crippen LogP contribution in [0, 0.1) is 0 Å². The van der Waals surface area contributed by atoms with E-state index >= 15 is 0 Å². The fourth-order valence-electron chi connectivity index (χ4n) is 2.75. The summed E-state index contributed by atoms with van der Waals surface area (Å²) in [7, 11) is 0. The zero-order valence-corrected chi connectivity index (χ0v) is 13.4. The molecular formula is C19H20N2O2. The van der Waals surface area contributed by atoms with Gasteiger partial charge in [-0.3, -0.25) is 4.79 Å². The van der Waals surface area contributed by atoms with Gasteiger partial charge in [0, 0.05) is 0 Å². The summed E-state index contributed by atoms with van der Waals surface area (Å²) >= 11 is 0. The smallest absolute Gasteiger partial charge is 0.185 e. The van der Waals surface area contributed by atoms with Crippen LogP contribution in [0.3, 0.4) is 0 Å². The van der Waals surface area contributed by atoms with Gasteiger partial charge >= 0.3 is 0 Å². The van der Waals surface area contributed by atoms with Crippen LogP contribution < -0.4 is 4.74 Å². The second kappa shape index (κ2) is 6.65. The van der Waals surface area contributed by atoms with E-state index in [1.807, 2.05) is 47.0 Å². The first-order valence-electron chi connectivity index (χ1n) is 7.83. The summed E-state index contributed by atoms with van der Waals surface area (Å²) in [5, 5.41) is 0. The molecule has 0 aliphatic rings. The Morgan fingerprint density at radius 1 is 1.13 bits per heavy atom. The number of rotatable bonds is 6. The number of para-hydroxylation sites is 3. The van der Waals surface area contributed by atoms with Gasteiger partial charge in [-0.25, -0.2) is 4.98 Å². The number of nitrogens with zero attached hydrogens (tertiary/aromatic N) is 2. The molecule has 118 valence electrons. The molecule has 4 heteroatoms. The predicted octanol–water partition coefficient (Wildman–Crippen LogP) is 4.05. The maximum atomic E-state index is 11.2. The van der Waals surface area contributed by atoms with Crippen molar-refractivity contribution in [2.45, 2.75) is 26.3 Å². The Morgan fingerprint density at radius 2 is 1.87 bits per heavy atom. The fourth-order valence-corrected chi connectivity index (χ4v) is 2.75. The van der Waals surface area contributed by atoms with Gasteiger partial charge in [0.25, 0.3) is 0 Å². The van der Waals surface area contributed by atoms with Gasteiger partial charge in [-0.1, -0.05) is 44.2 Å². The third kappa shape index (κ3) is 3.11. The van der Waals surface area contributed by atoms with E-state index in [1.54, 1.807) is 0 Å². The van der Waals surface area contributed by atoms with Crippen molar-refractivity contribution in [1.29, 1.82) is 0 Å². The van der Waals surface area contributed by atoms with Gasteiger partial charge in [0.05, 0.1) is 17.6 Å². The molecule has 0 saturated carbocycles. The second-order valence-electron chi connectivity index (χ2n) is 5.77. The normalized spacial score (nSPS) is 11.1. The van der Waals surface area contributed by atoms with Crippen LogP contribution in [0.15, 0.2) is 48.5 Å². The summed E-state index contributed by atoms with van der Waals surface area (Å²) < 4.78 is 7.86. The molecule has 0 radical (unpaired) electrons. The lowest BCUT2D eigenvalue weighted by atomic mass is 10.0. The van der Waals surface area contributed by atoms with Gasteiger partial charge in [-0.2, -0.15) is 0 Å². The molecule has 0 atom stereocenters. The van der Waals surface area contributed by atoms with E-state index in [0.29, 0.717) is 24.9 Å². The molecule has 0 amide bonds. The van der Waals surface area contributed by atoms with Crippen LogP contribution in [0.25, 0.3) is 11.0 Å². The van der Waals surface area contributed by atoms with Crippen LogP contribution in [-0.4, -0.2) is 22.4 Å². The SMILES string of the molecule is CC(C)c1ccccc1OCCn1c(C=O)nc2ccccc21. The quantitative estimate of drug-likeness (QED) is 0.645. The Labute approximate surface area is 135 Å². The molecule has 0 aliphatic carbocycles. The van der Waals surface area contributed by atoms with Crippen molar-refractivity contribution < 1.29 is 9.53 Å². The van der Waals surface area contributed by atoms with Gasteiger partial charge in [-0.15, -0.1) is 0 Å². The molecule has 4 nitrogen and oxygen atoms in total. The molecule has 1 heterocycles. The third-order valence-electron chi connectivity index (χ3n) is 3.90. The fraction of sp³-hybridized carbons (Fsp3) is 0.263. The minimum absolute atomic E-state index is 0.408. The monoisotopic (exact) mass is 308 g/mol. The van der Waals surface area contributed by atoms with E-state index in [9.17, 15) is 4.79 Å². The molecule has 0 fully saturated rings. The van der Waals surface area contributed by atoms with E-state index in [0.717, 1.165) is 23.1 Å². The Balaban J connectivity index is 1.78. The first-order chi connectivity index (χ1) is 11.2. The number of aldehydes is 1. The molecule has 0 aliphatic heterocycles. The van der Waals surface area contributed by atoms with E-state index in [2.05, 4.69) is 24.9 Å². The van der Waals surface area contributed by atoms with Crippen LogP contribution in [0.5, 0.6) is 5.75 Å². The number of hydrogen-bond acceptors (Lipinski definition) is 3. The van der Waals surface area contributed by atoms with Gasteiger partial charge in [0.1, 0.15) is 12.4 Å². The van der Waals surface area contributed by atoms with Crippen molar-refractivity contribution in [3.63, 3.8) is 0 Å². The first kappa shape index (κ1) is 15.3. The molecular weight excluding hydrogens is 288 g/mol. The second-order valence-corrected chi connectivity index (χ2v) is 5.77. The van der Waals surface area contributed by atoms with Crippen molar-refractivity contribution in [3.05, 3.63) is 59.9 Å². The lowest BCUT2D eigenvalue weighted by molar-refractivity contribution is 0.111. The average molecular weight is 308 g/mol. The van der Waals surface area contributed by atoms with Gasteiger partial charge in [-0.05, 0) is 29.7 Å². The van der Waals surface area contributed by atoms with E-state index in [1.165, 1.54) is 5.56 Å². The standard InChI is InChI=1S/C19H20N2O2/c1-14(2)15-7-3-6-10-18(15)23-12-11-21-17-9-5-4-8-16(17)20-19(21)13-22/h3-10,13-14H,11-12H2,1-2H3. The molecule has 2 aromatic carbocycles. The number of aromatic nitrogens is 2. The number of imidazole rings is 1. The van der Waals surface area contributed by atoms with E-state index < -0.39 is 0 Å². The lowest BCUT2D eigenvalue weighted by Crippen LogP contribution is -2.11. The molecule has 3 rings (SSSR count). The number of ether oxygens (including phenoxy) is 1. The molecule has 0 N–H and O–H groups in total. The maximum absolute atomic E-state index is 11.2. The van der Waals surface area contributed by atoms with E-state index in [4.69, 9.17) is 4.74 Å². The third-order valence-corrected chi connectivity index (χ3v) is 3.90. The van der Waals surface area contributed by atoms with Crippen molar-refractivity contribution in [2.24, 2.45) is 0 Å². The lowest BCUT2D eigenvalue weighted by Gasteiger charge is -2.14. The van der Waals surface area contributed by atoms with Crippen LogP contribution in [0.4, 0.5) is 0 Å². The highest BCUT2D eigenvalue weighted by Crippen LogP contribution is 2.26. The van der Waals surface area contributed by atoms with Crippen LogP contribution in [-0.2, 0) is 6.54 Å². The number of benzene rings is 2. The van der Waals surface area contributed by atoms with Crippen molar-refractivity contribution >= 4 is 17.3 Å². The van der Waals surface area contributed by atoms with Crippen molar-refractivity contribution in [1.82, 2.24) is 9.55 Å². The van der Waals surface area contributed by atoms with E-state index in [-0.39, 0.29) is 0 Å². The number of hydrogen-bond donors (Lipinski definition) is 0. The Bertz CT molecular complexity index is 821. The molecule has 3 aromatic rings. The zero-order valence-electron chi connectivity index (χ0n) is 13.4. The van der Waals surface area contributed by atoms with Gasteiger partial charge in [0.15, 0.2) is 12.1 Å². The summed E-state index contributed by atoms with van der Waals surface area (Å²) in [6.45, 7) is 5.37. The number of carbonyl (C=O) groups is 1. The predicted molar refractivity (Wildman–Crippen MR) is 91.1 cm³/mol. The summed E-state index contributed by atoms with van der Waals surface area (Å²) in [5.41, 5.74) is 2.98. The van der Waals surface area contributed by atoms with Gasteiger partial charge in [0.2, 0.25) is 0 Å². The number of carbonyl (C=O) groups excluding carboxylic acids is 1. The molecule has 0 unspecified atom stereocenters. The Hall–Kier alpha value is -2.62. The van der Waals surface area contributed by atoms with Crippen LogP contribution in [0.1, 0.15) is 35.9 Å². The maximum Gasteiger partial charge on any atom is 0.185 e. The number of fused-ring (bicyclic) bond motifs is 1. The molecule has 1 aromatic heterocycles. The largest absolute Gasteiger partial charge is 0.491 e. The highest BCUT2D eigenvalue weighted by atomic mass is 16.5. The molecule has 0 spiro atoms. The summed E-state index contributed by atoms with van der Waals surface area (Å²) in [6, 6.07) is 15.8. The van der Waals surface area contributed by atoms with Crippen LogP contribution >= 0.6 is 0 Å². The van der Waals surface area contributed by atoms with Gasteiger partial charge < -0.3 is 9.30 Å². The minimum atomic E-state index is 0.408. The Kier molecular flexibility index (Phi) is 4.42. The highest BCUT2D eigenvalue weighted by Gasteiger charge is 2.10. The van der Waals surface area contributed by atoms with Crippen molar-refractivity contribution in [3.8, 4) is 5.75 Å². The summed E-state index contributed by atoms with van der Waals surface area (Å²) in [4.78, 5) is 15.6. The topological polar surface area (TPSA) is 44.1 Å². The highest BCUT2D eigenvalue weighted by molar-refractivity contribution is 5.82. The average Bonchev–Trinajstić information content (AvgIpc) is 2.93. The van der Waals surface area contributed by atoms with Crippen LogP contribution in [0.2, 0.25) is 0 Å². The summed E-state index contributed by atoms with van der Waals surface area (Å²) in [5.74, 6) is 1.75. The Morgan fingerprint density at radius 3 is 2.65 bits per heavy atom. The molecule has 23 heavy (non-hydrogen) atoms. The minimum Gasteiger partial charge on any atom is -0.491 e.